The van der Waals surface area contributed by atoms with Crippen molar-refractivity contribution in [2.24, 2.45) is 5.73 Å². The van der Waals surface area contributed by atoms with Crippen LogP contribution in [0.1, 0.15) is 33.6 Å². The van der Waals surface area contributed by atoms with E-state index in [4.69, 9.17) is 5.73 Å². The van der Waals surface area contributed by atoms with Gasteiger partial charge in [-0.25, -0.2) is 0 Å². The Hall–Kier alpha value is 0.270. The molecule has 0 aromatic heterocycles. The van der Waals surface area contributed by atoms with Crippen molar-refractivity contribution in [3.63, 3.8) is 0 Å². The van der Waals surface area contributed by atoms with Crippen LogP contribution < -0.4 is 5.73 Å². The molecule has 14 heavy (non-hydrogen) atoms. The van der Waals surface area contributed by atoms with Crippen molar-refractivity contribution >= 4 is 11.8 Å². The average molecular weight is 218 g/mol. The minimum absolute atomic E-state index is 0.00141. The lowest BCUT2D eigenvalue weighted by molar-refractivity contribution is 0.201. The third-order valence-electron chi connectivity index (χ3n) is 3.13. The van der Waals surface area contributed by atoms with E-state index < -0.39 is 0 Å². The van der Waals surface area contributed by atoms with Gasteiger partial charge in [0.25, 0.3) is 0 Å². The first-order chi connectivity index (χ1) is 6.49. The first kappa shape index (κ1) is 14.3. The summed E-state index contributed by atoms with van der Waals surface area (Å²) in [4.78, 5) is 2.38. The summed E-state index contributed by atoms with van der Waals surface area (Å²) >= 11 is 1.90. The molecule has 0 heterocycles. The molecule has 1 atom stereocenters. The van der Waals surface area contributed by atoms with Crippen LogP contribution in [0.2, 0.25) is 0 Å². The Morgan fingerprint density at radius 2 is 1.86 bits per heavy atom. The minimum Gasteiger partial charge on any atom is -0.324 e. The van der Waals surface area contributed by atoms with Crippen LogP contribution in [0.3, 0.4) is 0 Å². The van der Waals surface area contributed by atoms with Crippen molar-refractivity contribution < 1.29 is 0 Å². The summed E-state index contributed by atoms with van der Waals surface area (Å²) in [6, 6.07) is 0.617. The highest BCUT2D eigenvalue weighted by atomic mass is 32.2. The molecule has 0 saturated carbocycles. The highest BCUT2D eigenvalue weighted by Crippen LogP contribution is 2.15. The number of likely N-dealkylation sites (N-methyl/N-ethyl adjacent to an activating group) is 1. The molecule has 86 valence electrons. The molecule has 0 aromatic carbocycles. The van der Waals surface area contributed by atoms with Gasteiger partial charge in [0.2, 0.25) is 0 Å². The van der Waals surface area contributed by atoms with E-state index in [1.165, 1.54) is 5.75 Å². The van der Waals surface area contributed by atoms with Crippen LogP contribution in [-0.2, 0) is 0 Å². The summed E-state index contributed by atoms with van der Waals surface area (Å²) in [5.74, 6) is 1.18. The summed E-state index contributed by atoms with van der Waals surface area (Å²) in [5.41, 5.74) is 6.28. The lowest BCUT2D eigenvalue weighted by atomic mass is 9.93. The molecule has 2 N–H and O–H groups in total. The first-order valence-electron chi connectivity index (χ1n) is 5.47. The van der Waals surface area contributed by atoms with Gasteiger partial charge in [-0.1, -0.05) is 13.8 Å². The molecule has 0 aromatic rings. The summed E-state index contributed by atoms with van der Waals surface area (Å²) in [5, 5.41) is 0. The molecule has 0 fully saturated rings. The molecule has 0 aliphatic heterocycles. The molecule has 0 spiro atoms. The lowest BCUT2D eigenvalue weighted by Crippen LogP contribution is -2.50. The van der Waals surface area contributed by atoms with Gasteiger partial charge >= 0.3 is 0 Å². The van der Waals surface area contributed by atoms with Crippen molar-refractivity contribution in [2.75, 3.05) is 25.6 Å². The van der Waals surface area contributed by atoms with Crippen LogP contribution in [0.15, 0.2) is 0 Å². The molecule has 0 amide bonds. The van der Waals surface area contributed by atoms with Gasteiger partial charge in [-0.2, -0.15) is 11.8 Å². The van der Waals surface area contributed by atoms with Crippen molar-refractivity contribution in [1.29, 1.82) is 0 Å². The van der Waals surface area contributed by atoms with Crippen LogP contribution in [0.25, 0.3) is 0 Å². The molecule has 0 aliphatic carbocycles. The fraction of sp³-hybridized carbons (Fsp3) is 1.00. The van der Waals surface area contributed by atoms with Crippen molar-refractivity contribution in [3.05, 3.63) is 0 Å². The van der Waals surface area contributed by atoms with E-state index in [2.05, 4.69) is 39.0 Å². The van der Waals surface area contributed by atoms with Crippen LogP contribution in [0.5, 0.6) is 0 Å². The van der Waals surface area contributed by atoms with Crippen molar-refractivity contribution in [3.8, 4) is 0 Å². The van der Waals surface area contributed by atoms with E-state index in [-0.39, 0.29) is 5.54 Å². The number of nitrogens with zero attached hydrogens (tertiary/aromatic N) is 1. The van der Waals surface area contributed by atoms with Gasteiger partial charge in [0.05, 0.1) is 0 Å². The zero-order valence-electron chi connectivity index (χ0n) is 10.3. The zero-order valence-corrected chi connectivity index (χ0v) is 11.2. The predicted molar refractivity (Wildman–Crippen MR) is 68.0 cm³/mol. The summed E-state index contributed by atoms with van der Waals surface area (Å²) in [6.07, 6.45) is 4.26. The maximum absolute atomic E-state index is 6.28. The largest absolute Gasteiger partial charge is 0.324 e. The summed E-state index contributed by atoms with van der Waals surface area (Å²) in [6.45, 7) is 7.62. The van der Waals surface area contributed by atoms with Crippen LogP contribution in [-0.4, -0.2) is 42.1 Å². The van der Waals surface area contributed by atoms with Crippen LogP contribution in [0.4, 0.5) is 0 Å². The van der Waals surface area contributed by atoms with Gasteiger partial charge in [-0.05, 0) is 33.1 Å². The van der Waals surface area contributed by atoms with Gasteiger partial charge in [0, 0.05) is 23.9 Å². The Morgan fingerprint density at radius 3 is 2.21 bits per heavy atom. The van der Waals surface area contributed by atoms with Gasteiger partial charge in [-0.15, -0.1) is 0 Å². The normalized spacial score (nSPS) is 14.8. The van der Waals surface area contributed by atoms with E-state index in [9.17, 15) is 0 Å². The SMILES string of the molecule is CCC(N)(CC)CN(C)C(C)CSC. The fourth-order valence-electron chi connectivity index (χ4n) is 1.49. The Kier molecular flexibility index (Phi) is 6.83. The van der Waals surface area contributed by atoms with Crippen molar-refractivity contribution in [1.82, 2.24) is 4.90 Å². The van der Waals surface area contributed by atoms with Crippen LogP contribution >= 0.6 is 11.8 Å². The molecular weight excluding hydrogens is 192 g/mol. The Morgan fingerprint density at radius 1 is 1.36 bits per heavy atom. The zero-order chi connectivity index (χ0) is 11.2. The van der Waals surface area contributed by atoms with Gasteiger partial charge in [-0.3, -0.25) is 0 Å². The molecule has 1 unspecified atom stereocenters. The van der Waals surface area contributed by atoms with Gasteiger partial charge < -0.3 is 10.6 Å². The number of thioether (sulfide) groups is 1. The Labute approximate surface area is 93.6 Å². The predicted octanol–water partition coefficient (Wildman–Crippen LogP) is 2.19. The van der Waals surface area contributed by atoms with E-state index in [0.717, 1.165) is 19.4 Å². The number of rotatable bonds is 7. The third kappa shape index (κ3) is 4.67. The standard InChI is InChI=1S/C11H26N2S/c1-6-11(12,7-2)9-13(4)10(3)8-14-5/h10H,6-9,12H2,1-5H3. The second-order valence-electron chi connectivity index (χ2n) is 4.29. The molecule has 0 saturated heterocycles. The number of nitrogens with two attached hydrogens (primary N) is 1. The van der Waals surface area contributed by atoms with E-state index in [1.807, 2.05) is 11.8 Å². The maximum Gasteiger partial charge on any atom is 0.0278 e. The quantitative estimate of drug-likeness (QED) is 0.710. The van der Waals surface area contributed by atoms with E-state index in [1.54, 1.807) is 0 Å². The first-order valence-corrected chi connectivity index (χ1v) is 6.86. The maximum atomic E-state index is 6.28. The molecule has 0 rings (SSSR count). The average Bonchev–Trinajstić information content (AvgIpc) is 2.18. The molecule has 3 heteroatoms. The van der Waals surface area contributed by atoms with Gasteiger partial charge in [0.15, 0.2) is 0 Å². The summed E-state index contributed by atoms with van der Waals surface area (Å²) in [7, 11) is 2.17. The lowest BCUT2D eigenvalue weighted by Gasteiger charge is -2.35. The molecule has 2 nitrogen and oxygen atoms in total. The Balaban J connectivity index is 4.07. The van der Waals surface area contributed by atoms with E-state index >= 15 is 0 Å². The minimum atomic E-state index is 0.00141. The third-order valence-corrected chi connectivity index (χ3v) is 3.95. The second kappa shape index (κ2) is 6.70. The topological polar surface area (TPSA) is 29.3 Å². The fourth-order valence-corrected chi connectivity index (χ4v) is 2.23. The van der Waals surface area contributed by atoms with Crippen molar-refractivity contribution in [2.45, 2.75) is 45.2 Å². The second-order valence-corrected chi connectivity index (χ2v) is 5.20. The summed E-state index contributed by atoms with van der Waals surface area (Å²) < 4.78 is 0. The molecule has 0 radical (unpaired) electrons. The molecule has 0 aliphatic rings. The van der Waals surface area contributed by atoms with E-state index in [0.29, 0.717) is 6.04 Å². The smallest absolute Gasteiger partial charge is 0.0278 e. The highest BCUT2D eigenvalue weighted by molar-refractivity contribution is 7.98. The number of hydrogen-bond acceptors (Lipinski definition) is 3. The molecule has 0 bridgehead atoms. The van der Waals surface area contributed by atoms with Crippen LogP contribution in [0, 0.1) is 0 Å². The Bertz CT molecular complexity index is 146. The number of hydrogen-bond donors (Lipinski definition) is 1. The van der Waals surface area contributed by atoms with Gasteiger partial charge in [0.1, 0.15) is 0 Å². The highest BCUT2D eigenvalue weighted by Gasteiger charge is 2.23. The molecular formula is C11H26N2S. The monoisotopic (exact) mass is 218 g/mol.